The molecule has 0 aliphatic heterocycles. The molecule has 0 bridgehead atoms. The largest absolute Gasteiger partial charge is 0.480 e. The van der Waals surface area contributed by atoms with E-state index in [2.05, 4.69) is 4.84 Å². The molecule has 64 valence electrons. The van der Waals surface area contributed by atoms with Gasteiger partial charge in [-0.1, -0.05) is 0 Å². The van der Waals surface area contributed by atoms with Crippen LogP contribution in [0.25, 0.3) is 0 Å². The Bertz CT molecular complexity index is 157. The molecular weight excluding hydrogens is 154 g/mol. The highest BCUT2D eigenvalue weighted by molar-refractivity contribution is 5.74. The molecule has 0 aromatic heterocycles. The third kappa shape index (κ3) is 4.29. The standard InChI is InChI=1S/C5H9NO5/c1-3(8)11-6-4(2-7)5(9)10/h4,6-7H,2H2,1H3,(H,9,10)/t4-/m0/s1. The van der Waals surface area contributed by atoms with Crippen molar-refractivity contribution in [3.05, 3.63) is 0 Å². The first-order valence-corrected chi connectivity index (χ1v) is 2.84. The second-order valence-corrected chi connectivity index (χ2v) is 1.78. The Morgan fingerprint density at radius 1 is 1.64 bits per heavy atom. The van der Waals surface area contributed by atoms with Crippen molar-refractivity contribution >= 4 is 11.9 Å². The summed E-state index contributed by atoms with van der Waals surface area (Å²) in [6, 6.07) is -1.26. The minimum atomic E-state index is -1.28. The molecule has 0 aromatic rings. The maximum absolute atomic E-state index is 10.1. The van der Waals surface area contributed by atoms with E-state index in [4.69, 9.17) is 10.2 Å². The van der Waals surface area contributed by atoms with E-state index in [0.717, 1.165) is 6.92 Å². The van der Waals surface area contributed by atoms with Gasteiger partial charge in [0.25, 0.3) is 0 Å². The molecule has 0 aliphatic rings. The molecule has 0 radical (unpaired) electrons. The van der Waals surface area contributed by atoms with Crippen molar-refractivity contribution in [2.45, 2.75) is 13.0 Å². The lowest BCUT2D eigenvalue weighted by Crippen LogP contribution is -2.40. The number of carbonyl (C=O) groups is 2. The number of rotatable bonds is 4. The van der Waals surface area contributed by atoms with Gasteiger partial charge in [0.15, 0.2) is 6.04 Å². The Hall–Kier alpha value is -1.14. The van der Waals surface area contributed by atoms with Crippen molar-refractivity contribution in [2.75, 3.05) is 6.61 Å². The number of carbonyl (C=O) groups excluding carboxylic acids is 1. The molecule has 1 atom stereocenters. The first kappa shape index (κ1) is 9.86. The quantitative estimate of drug-likeness (QED) is 0.436. The Balaban J connectivity index is 3.70. The number of hydroxylamine groups is 1. The maximum atomic E-state index is 10.1. The average Bonchev–Trinajstić information content (AvgIpc) is 1.87. The SMILES string of the molecule is CC(=O)ON[C@@H](CO)C(=O)O. The summed E-state index contributed by atoms with van der Waals surface area (Å²) in [7, 11) is 0. The molecule has 3 N–H and O–H groups in total. The van der Waals surface area contributed by atoms with Gasteiger partial charge in [0.2, 0.25) is 0 Å². The molecule has 0 unspecified atom stereocenters. The van der Waals surface area contributed by atoms with Crippen LogP contribution >= 0.6 is 0 Å². The highest BCUT2D eigenvalue weighted by Crippen LogP contribution is 1.82. The van der Waals surface area contributed by atoms with E-state index in [1.807, 2.05) is 5.48 Å². The van der Waals surface area contributed by atoms with Crippen LogP contribution in [-0.2, 0) is 14.4 Å². The van der Waals surface area contributed by atoms with Crippen LogP contribution in [0.15, 0.2) is 0 Å². The number of hydrogen-bond donors (Lipinski definition) is 3. The second-order valence-electron chi connectivity index (χ2n) is 1.78. The van der Waals surface area contributed by atoms with E-state index in [0.29, 0.717) is 0 Å². The van der Waals surface area contributed by atoms with Gasteiger partial charge < -0.3 is 15.1 Å². The average molecular weight is 163 g/mol. The number of nitrogens with one attached hydrogen (secondary N) is 1. The van der Waals surface area contributed by atoms with E-state index >= 15 is 0 Å². The summed E-state index contributed by atoms with van der Waals surface area (Å²) < 4.78 is 0. The van der Waals surface area contributed by atoms with Crippen LogP contribution in [-0.4, -0.2) is 34.8 Å². The number of aliphatic hydroxyl groups is 1. The summed E-state index contributed by atoms with van der Waals surface area (Å²) in [4.78, 5) is 24.4. The van der Waals surface area contributed by atoms with E-state index in [-0.39, 0.29) is 0 Å². The summed E-state index contributed by atoms with van der Waals surface area (Å²) in [5, 5.41) is 16.6. The zero-order valence-corrected chi connectivity index (χ0v) is 5.90. The van der Waals surface area contributed by atoms with Gasteiger partial charge in [-0.3, -0.25) is 9.59 Å². The van der Waals surface area contributed by atoms with E-state index in [1.165, 1.54) is 0 Å². The lowest BCUT2D eigenvalue weighted by molar-refractivity contribution is -0.157. The van der Waals surface area contributed by atoms with E-state index in [1.54, 1.807) is 0 Å². The minimum Gasteiger partial charge on any atom is -0.480 e. The predicted molar refractivity (Wildman–Crippen MR) is 33.4 cm³/mol. The van der Waals surface area contributed by atoms with Crippen molar-refractivity contribution < 1.29 is 24.6 Å². The lowest BCUT2D eigenvalue weighted by atomic mass is 10.3. The Morgan fingerprint density at radius 2 is 2.18 bits per heavy atom. The molecule has 0 heterocycles. The van der Waals surface area contributed by atoms with Gasteiger partial charge in [-0.15, -0.1) is 5.48 Å². The molecule has 0 aromatic carbocycles. The molecule has 0 saturated heterocycles. The molecular formula is C5H9NO5. The minimum absolute atomic E-state index is 0.636. The zero-order chi connectivity index (χ0) is 8.85. The van der Waals surface area contributed by atoms with Crippen LogP contribution in [0, 0.1) is 0 Å². The summed E-state index contributed by atoms with van der Waals surface area (Å²) in [6.45, 7) is 0.478. The highest BCUT2D eigenvalue weighted by atomic mass is 16.7. The molecule has 0 amide bonds. The molecule has 6 heteroatoms. The summed E-state index contributed by atoms with van der Waals surface area (Å²) in [6.07, 6.45) is 0. The molecule has 0 aliphatic carbocycles. The molecule has 11 heavy (non-hydrogen) atoms. The van der Waals surface area contributed by atoms with Crippen LogP contribution in [0.2, 0.25) is 0 Å². The number of aliphatic carboxylic acids is 1. The summed E-state index contributed by atoms with van der Waals surface area (Å²) in [5.74, 6) is -1.95. The van der Waals surface area contributed by atoms with Crippen LogP contribution in [0.1, 0.15) is 6.92 Å². The van der Waals surface area contributed by atoms with Crippen LogP contribution in [0.4, 0.5) is 0 Å². The molecule has 0 saturated carbocycles. The summed E-state index contributed by atoms with van der Waals surface area (Å²) >= 11 is 0. The van der Waals surface area contributed by atoms with E-state index < -0.39 is 24.6 Å². The maximum Gasteiger partial charge on any atom is 0.326 e. The zero-order valence-electron chi connectivity index (χ0n) is 5.90. The number of aliphatic hydroxyl groups excluding tert-OH is 1. The van der Waals surface area contributed by atoms with Crippen molar-refractivity contribution in [1.29, 1.82) is 0 Å². The van der Waals surface area contributed by atoms with Crippen molar-refractivity contribution in [3.63, 3.8) is 0 Å². The molecule has 6 nitrogen and oxygen atoms in total. The topological polar surface area (TPSA) is 95.9 Å². The summed E-state index contributed by atoms with van der Waals surface area (Å²) in [5.41, 5.74) is 1.87. The van der Waals surface area contributed by atoms with Gasteiger partial charge in [0.1, 0.15) is 0 Å². The Kier molecular flexibility index (Phi) is 4.16. The highest BCUT2D eigenvalue weighted by Gasteiger charge is 2.16. The van der Waals surface area contributed by atoms with Crippen LogP contribution in [0.3, 0.4) is 0 Å². The van der Waals surface area contributed by atoms with E-state index in [9.17, 15) is 9.59 Å². The first-order valence-electron chi connectivity index (χ1n) is 2.84. The Labute approximate surface area is 62.7 Å². The molecule has 0 rings (SSSR count). The third-order valence-electron chi connectivity index (χ3n) is 0.826. The fourth-order valence-electron chi connectivity index (χ4n) is 0.320. The fraction of sp³-hybridized carbons (Fsp3) is 0.600. The van der Waals surface area contributed by atoms with Crippen molar-refractivity contribution in [3.8, 4) is 0 Å². The normalized spacial score (nSPS) is 12.2. The van der Waals surface area contributed by atoms with Gasteiger partial charge >= 0.3 is 11.9 Å². The first-order chi connectivity index (χ1) is 5.07. The van der Waals surface area contributed by atoms with Crippen molar-refractivity contribution in [1.82, 2.24) is 5.48 Å². The number of carboxylic acid groups (broad SMARTS) is 1. The number of hydrogen-bond acceptors (Lipinski definition) is 5. The monoisotopic (exact) mass is 163 g/mol. The van der Waals surface area contributed by atoms with Gasteiger partial charge in [0, 0.05) is 6.92 Å². The molecule has 0 spiro atoms. The Morgan fingerprint density at radius 3 is 2.45 bits per heavy atom. The molecule has 0 fully saturated rings. The fourth-order valence-corrected chi connectivity index (χ4v) is 0.320. The third-order valence-corrected chi connectivity index (χ3v) is 0.826. The second kappa shape index (κ2) is 4.64. The predicted octanol–water partition coefficient (Wildman–Crippen LogP) is -1.50. The van der Waals surface area contributed by atoms with Crippen molar-refractivity contribution in [2.24, 2.45) is 0 Å². The van der Waals surface area contributed by atoms with Gasteiger partial charge in [-0.25, -0.2) is 0 Å². The lowest BCUT2D eigenvalue weighted by Gasteiger charge is -2.08. The number of carboxylic acids is 1. The van der Waals surface area contributed by atoms with Crippen LogP contribution < -0.4 is 5.48 Å². The smallest absolute Gasteiger partial charge is 0.326 e. The van der Waals surface area contributed by atoms with Crippen LogP contribution in [0.5, 0.6) is 0 Å². The van der Waals surface area contributed by atoms with Gasteiger partial charge in [0.05, 0.1) is 6.61 Å². The van der Waals surface area contributed by atoms with Gasteiger partial charge in [-0.05, 0) is 0 Å². The van der Waals surface area contributed by atoms with Gasteiger partial charge in [-0.2, -0.15) is 0 Å².